The minimum absolute atomic E-state index is 0.375. The van der Waals surface area contributed by atoms with Gasteiger partial charge in [0.1, 0.15) is 11.3 Å². The first-order chi connectivity index (χ1) is 12.3. The average molecular weight is 326 g/mol. The summed E-state index contributed by atoms with van der Waals surface area (Å²) in [5.74, 6) is 0.566. The highest BCUT2D eigenvalue weighted by atomic mass is 16.3. The second kappa shape index (κ2) is 6.29. The Balaban J connectivity index is 1.72. The lowest BCUT2D eigenvalue weighted by atomic mass is 10.0. The molecule has 4 rings (SSSR count). The van der Waals surface area contributed by atoms with Crippen LogP contribution >= 0.6 is 0 Å². The van der Waals surface area contributed by atoms with E-state index in [1.807, 2.05) is 73.8 Å². The van der Waals surface area contributed by atoms with E-state index in [1.54, 1.807) is 0 Å². The molecule has 3 heteroatoms. The lowest BCUT2D eigenvalue weighted by Gasteiger charge is -2.06. The van der Waals surface area contributed by atoms with Crippen molar-refractivity contribution >= 4 is 22.4 Å². The van der Waals surface area contributed by atoms with Crippen molar-refractivity contribution in [2.45, 2.75) is 0 Å². The van der Waals surface area contributed by atoms with Gasteiger partial charge in [0.25, 0.3) is 0 Å². The number of anilines is 1. The van der Waals surface area contributed by atoms with Gasteiger partial charge in [-0.2, -0.15) is 0 Å². The zero-order valence-corrected chi connectivity index (χ0v) is 13.9. The molecule has 122 valence electrons. The summed E-state index contributed by atoms with van der Waals surface area (Å²) in [6, 6.07) is 26.1. The fourth-order valence-corrected chi connectivity index (χ4v) is 3.06. The molecule has 0 saturated carbocycles. The predicted molar refractivity (Wildman–Crippen MR) is 104 cm³/mol. The maximum Gasteiger partial charge on any atom is 0.176 e. The van der Waals surface area contributed by atoms with Gasteiger partial charge in [0, 0.05) is 18.0 Å². The molecular weight excluding hydrogens is 308 g/mol. The number of nitrogens with one attached hydrogen (secondary N) is 2. The molecule has 3 aromatic carbocycles. The Hall–Kier alpha value is -3.33. The van der Waals surface area contributed by atoms with Gasteiger partial charge < -0.3 is 9.73 Å². The number of hydrogen-bond acceptors (Lipinski definition) is 3. The van der Waals surface area contributed by atoms with Crippen LogP contribution in [0, 0.1) is 5.41 Å². The van der Waals surface area contributed by atoms with Crippen LogP contribution in [-0.4, -0.2) is 12.8 Å². The summed E-state index contributed by atoms with van der Waals surface area (Å²) < 4.78 is 5.93. The van der Waals surface area contributed by atoms with Crippen molar-refractivity contribution in [2.75, 3.05) is 12.4 Å². The summed E-state index contributed by atoms with van der Waals surface area (Å²) in [5, 5.41) is 12.8. The summed E-state index contributed by atoms with van der Waals surface area (Å²) in [7, 11) is 1.85. The second-order valence-corrected chi connectivity index (χ2v) is 5.87. The first kappa shape index (κ1) is 15.2. The van der Waals surface area contributed by atoms with Gasteiger partial charge in [0.2, 0.25) is 0 Å². The number of furan rings is 1. The molecule has 0 saturated heterocycles. The Morgan fingerprint density at radius 2 is 1.44 bits per heavy atom. The van der Waals surface area contributed by atoms with Crippen LogP contribution in [0.5, 0.6) is 0 Å². The molecule has 0 radical (unpaired) electrons. The van der Waals surface area contributed by atoms with Crippen LogP contribution < -0.4 is 5.32 Å². The molecule has 0 aliphatic heterocycles. The van der Waals surface area contributed by atoms with Crippen molar-refractivity contribution in [1.82, 2.24) is 0 Å². The Bertz CT molecular complexity index is 1030. The molecule has 0 atom stereocenters. The maximum atomic E-state index is 8.59. The Morgan fingerprint density at radius 1 is 0.800 bits per heavy atom. The SMILES string of the molecule is CNc1c(C(=N)c2ccc(-c3ccccc3)cc2)oc2ccccc12. The van der Waals surface area contributed by atoms with Crippen LogP contribution in [0.15, 0.2) is 83.3 Å². The van der Waals surface area contributed by atoms with Crippen LogP contribution in [0.3, 0.4) is 0 Å². The number of benzene rings is 3. The quantitative estimate of drug-likeness (QED) is 0.482. The first-order valence-electron chi connectivity index (χ1n) is 8.22. The number of para-hydroxylation sites is 1. The van der Waals surface area contributed by atoms with Gasteiger partial charge in [-0.25, -0.2) is 0 Å². The number of fused-ring (bicyclic) bond motifs is 1. The fourth-order valence-electron chi connectivity index (χ4n) is 3.06. The highest BCUT2D eigenvalue weighted by Crippen LogP contribution is 2.32. The Kier molecular flexibility index (Phi) is 3.82. The van der Waals surface area contributed by atoms with Gasteiger partial charge in [0.05, 0.1) is 5.69 Å². The normalized spacial score (nSPS) is 10.8. The topological polar surface area (TPSA) is 49.0 Å². The van der Waals surface area contributed by atoms with Gasteiger partial charge in [-0.3, -0.25) is 5.41 Å². The van der Waals surface area contributed by atoms with E-state index in [2.05, 4.69) is 17.4 Å². The highest BCUT2D eigenvalue weighted by molar-refractivity contribution is 6.16. The van der Waals surface area contributed by atoms with E-state index in [1.165, 1.54) is 5.56 Å². The molecule has 0 aliphatic carbocycles. The largest absolute Gasteiger partial charge is 0.452 e. The highest BCUT2D eigenvalue weighted by Gasteiger charge is 2.18. The van der Waals surface area contributed by atoms with E-state index in [9.17, 15) is 0 Å². The van der Waals surface area contributed by atoms with Gasteiger partial charge in [-0.1, -0.05) is 66.7 Å². The van der Waals surface area contributed by atoms with Crippen LogP contribution in [0.25, 0.3) is 22.1 Å². The summed E-state index contributed by atoms with van der Waals surface area (Å²) in [6.45, 7) is 0. The van der Waals surface area contributed by atoms with Gasteiger partial charge >= 0.3 is 0 Å². The minimum Gasteiger partial charge on any atom is -0.452 e. The molecule has 2 N–H and O–H groups in total. The third-order valence-electron chi connectivity index (χ3n) is 4.35. The van der Waals surface area contributed by atoms with E-state index < -0.39 is 0 Å². The second-order valence-electron chi connectivity index (χ2n) is 5.87. The molecule has 0 fully saturated rings. The fraction of sp³-hybridized carbons (Fsp3) is 0.0455. The Morgan fingerprint density at radius 3 is 2.16 bits per heavy atom. The van der Waals surface area contributed by atoms with Crippen LogP contribution in [0.2, 0.25) is 0 Å². The van der Waals surface area contributed by atoms with Crippen molar-refractivity contribution in [1.29, 1.82) is 5.41 Å². The average Bonchev–Trinajstić information content (AvgIpc) is 3.07. The standard InChI is InChI=1S/C22H18N2O/c1-24-21-18-9-5-6-10-19(18)25-22(21)20(23)17-13-11-16(12-14-17)15-7-3-2-4-8-15/h2-14,23-24H,1H3. The molecule has 3 nitrogen and oxygen atoms in total. The van der Waals surface area contributed by atoms with Crippen molar-refractivity contribution in [3.8, 4) is 11.1 Å². The van der Waals surface area contributed by atoms with Crippen molar-refractivity contribution in [2.24, 2.45) is 0 Å². The zero-order valence-electron chi connectivity index (χ0n) is 13.9. The molecule has 0 spiro atoms. The molecule has 1 aromatic heterocycles. The van der Waals surface area contributed by atoms with Crippen molar-refractivity contribution in [3.63, 3.8) is 0 Å². The minimum atomic E-state index is 0.375. The summed E-state index contributed by atoms with van der Waals surface area (Å²) in [6.07, 6.45) is 0. The van der Waals surface area contributed by atoms with E-state index in [0.29, 0.717) is 11.5 Å². The van der Waals surface area contributed by atoms with Crippen LogP contribution in [-0.2, 0) is 0 Å². The first-order valence-corrected chi connectivity index (χ1v) is 8.22. The summed E-state index contributed by atoms with van der Waals surface area (Å²) in [4.78, 5) is 0. The van der Waals surface area contributed by atoms with Crippen molar-refractivity contribution in [3.05, 3.63) is 90.2 Å². The van der Waals surface area contributed by atoms with E-state index >= 15 is 0 Å². The molecule has 0 bridgehead atoms. The summed E-state index contributed by atoms with van der Waals surface area (Å²) in [5.41, 5.74) is 5.14. The lowest BCUT2D eigenvalue weighted by molar-refractivity contribution is 0.606. The number of rotatable bonds is 4. The molecule has 0 unspecified atom stereocenters. The third-order valence-corrected chi connectivity index (χ3v) is 4.35. The lowest BCUT2D eigenvalue weighted by Crippen LogP contribution is -2.03. The molecular formula is C22H18N2O. The molecule has 25 heavy (non-hydrogen) atoms. The molecule has 0 amide bonds. The van der Waals surface area contributed by atoms with Gasteiger partial charge in [-0.15, -0.1) is 0 Å². The number of hydrogen-bond donors (Lipinski definition) is 2. The van der Waals surface area contributed by atoms with E-state index in [4.69, 9.17) is 9.83 Å². The molecule has 1 heterocycles. The Labute approximate surface area is 146 Å². The van der Waals surface area contributed by atoms with E-state index in [0.717, 1.165) is 27.8 Å². The van der Waals surface area contributed by atoms with Crippen molar-refractivity contribution < 1.29 is 4.42 Å². The maximum absolute atomic E-state index is 8.59. The third kappa shape index (κ3) is 2.70. The van der Waals surface area contributed by atoms with Crippen LogP contribution in [0.1, 0.15) is 11.3 Å². The smallest absolute Gasteiger partial charge is 0.176 e. The summed E-state index contributed by atoms with van der Waals surface area (Å²) >= 11 is 0. The predicted octanol–water partition coefficient (Wildman–Crippen LogP) is 5.56. The zero-order chi connectivity index (χ0) is 17.2. The monoisotopic (exact) mass is 326 g/mol. The van der Waals surface area contributed by atoms with Gasteiger partial charge in [0.15, 0.2) is 5.76 Å². The molecule has 4 aromatic rings. The van der Waals surface area contributed by atoms with E-state index in [-0.39, 0.29) is 0 Å². The molecule has 0 aliphatic rings. The van der Waals surface area contributed by atoms with Crippen LogP contribution in [0.4, 0.5) is 5.69 Å². The van der Waals surface area contributed by atoms with Gasteiger partial charge in [-0.05, 0) is 23.3 Å².